The van der Waals surface area contributed by atoms with E-state index in [4.69, 9.17) is 11.6 Å². The monoisotopic (exact) mass is 324 g/mol. The van der Waals surface area contributed by atoms with Gasteiger partial charge in [-0.1, -0.05) is 11.6 Å². The summed E-state index contributed by atoms with van der Waals surface area (Å²) in [5.74, 6) is 1.21. The van der Waals surface area contributed by atoms with Crippen LogP contribution in [0.1, 0.15) is 43.7 Å². The molecule has 0 spiro atoms. The van der Waals surface area contributed by atoms with E-state index in [2.05, 4.69) is 36.4 Å². The van der Waals surface area contributed by atoms with Crippen molar-refractivity contribution < 1.29 is 0 Å². The summed E-state index contributed by atoms with van der Waals surface area (Å²) in [6.07, 6.45) is 6.43. The van der Waals surface area contributed by atoms with Crippen LogP contribution in [0.4, 0.5) is 0 Å². The summed E-state index contributed by atoms with van der Waals surface area (Å²) in [4.78, 5) is 3.79. The minimum atomic E-state index is 0.487. The standard InChI is InChI=1S/C17H25ClN2S/c1-20(2)14-6-4-13(5-7-14)19-16-9-10-21-17-8-3-12(18)11-15(16)17/h3,8,11,13-14,16,19H,4-7,9-10H2,1-2H3/t13?,14?,16-/m0/s1. The Morgan fingerprint density at radius 1 is 1.14 bits per heavy atom. The van der Waals surface area contributed by atoms with Crippen molar-refractivity contribution in [1.82, 2.24) is 10.2 Å². The third-order valence-corrected chi connectivity index (χ3v) is 6.23. The Morgan fingerprint density at radius 2 is 1.90 bits per heavy atom. The summed E-state index contributed by atoms with van der Waals surface area (Å²) in [5.41, 5.74) is 1.41. The molecular weight excluding hydrogens is 300 g/mol. The number of nitrogens with zero attached hydrogens (tertiary/aromatic N) is 1. The predicted octanol–water partition coefficient (Wildman–Crippen LogP) is 4.34. The average molecular weight is 325 g/mol. The van der Waals surface area contributed by atoms with Crippen molar-refractivity contribution in [3.8, 4) is 0 Å². The number of halogens is 1. The number of hydrogen-bond acceptors (Lipinski definition) is 3. The lowest BCUT2D eigenvalue weighted by Gasteiger charge is -2.36. The molecule has 1 N–H and O–H groups in total. The molecule has 2 aliphatic rings. The molecule has 0 radical (unpaired) electrons. The SMILES string of the molecule is CN(C)C1CCC(N[C@H]2CCSc3ccc(Cl)cc32)CC1. The maximum absolute atomic E-state index is 6.20. The lowest BCUT2D eigenvalue weighted by molar-refractivity contribution is 0.197. The van der Waals surface area contributed by atoms with Gasteiger partial charge in [0.2, 0.25) is 0 Å². The van der Waals surface area contributed by atoms with E-state index in [0.29, 0.717) is 12.1 Å². The molecule has 116 valence electrons. The van der Waals surface area contributed by atoms with E-state index < -0.39 is 0 Å². The zero-order valence-corrected chi connectivity index (χ0v) is 14.5. The Bertz CT molecular complexity index is 484. The van der Waals surface area contributed by atoms with Crippen LogP contribution in [0.25, 0.3) is 0 Å². The molecule has 1 saturated carbocycles. The average Bonchev–Trinajstić information content (AvgIpc) is 2.48. The Kier molecular flexibility index (Phi) is 5.15. The minimum absolute atomic E-state index is 0.487. The van der Waals surface area contributed by atoms with Crippen LogP contribution in [0.5, 0.6) is 0 Å². The maximum atomic E-state index is 6.20. The van der Waals surface area contributed by atoms with Gasteiger partial charge in [0, 0.05) is 28.0 Å². The number of fused-ring (bicyclic) bond motifs is 1. The Balaban J connectivity index is 1.63. The fraction of sp³-hybridized carbons (Fsp3) is 0.647. The van der Waals surface area contributed by atoms with Crippen LogP contribution in [0.3, 0.4) is 0 Å². The van der Waals surface area contributed by atoms with Crippen LogP contribution in [-0.2, 0) is 0 Å². The largest absolute Gasteiger partial charge is 0.307 e. The molecule has 21 heavy (non-hydrogen) atoms. The second-order valence-corrected chi connectivity index (χ2v) is 8.08. The molecule has 3 rings (SSSR count). The lowest BCUT2D eigenvalue weighted by Crippen LogP contribution is -2.41. The van der Waals surface area contributed by atoms with Crippen molar-refractivity contribution >= 4 is 23.4 Å². The predicted molar refractivity (Wildman–Crippen MR) is 92.4 cm³/mol. The zero-order chi connectivity index (χ0) is 14.8. The molecule has 0 amide bonds. The van der Waals surface area contributed by atoms with Crippen LogP contribution in [0, 0.1) is 0 Å². The van der Waals surface area contributed by atoms with Gasteiger partial charge < -0.3 is 10.2 Å². The highest BCUT2D eigenvalue weighted by atomic mass is 35.5. The number of rotatable bonds is 3. The van der Waals surface area contributed by atoms with E-state index in [1.54, 1.807) is 0 Å². The summed E-state index contributed by atoms with van der Waals surface area (Å²) >= 11 is 8.16. The molecule has 1 heterocycles. The summed E-state index contributed by atoms with van der Waals surface area (Å²) < 4.78 is 0. The number of hydrogen-bond donors (Lipinski definition) is 1. The normalized spacial score (nSPS) is 29.4. The molecule has 2 nitrogen and oxygen atoms in total. The highest BCUT2D eigenvalue weighted by molar-refractivity contribution is 7.99. The van der Waals surface area contributed by atoms with E-state index in [-0.39, 0.29) is 0 Å². The third-order valence-electron chi connectivity index (χ3n) is 4.88. The molecule has 1 aromatic carbocycles. The van der Waals surface area contributed by atoms with Crippen LogP contribution in [-0.4, -0.2) is 36.8 Å². The van der Waals surface area contributed by atoms with Gasteiger partial charge in [-0.25, -0.2) is 0 Å². The first-order valence-electron chi connectivity index (χ1n) is 7.98. The molecule has 0 unspecified atom stereocenters. The number of thioether (sulfide) groups is 1. The Labute approximate surface area is 137 Å². The molecule has 1 aliphatic heterocycles. The first-order valence-corrected chi connectivity index (χ1v) is 9.34. The van der Waals surface area contributed by atoms with Gasteiger partial charge in [0.1, 0.15) is 0 Å². The molecule has 0 aromatic heterocycles. The first-order chi connectivity index (χ1) is 10.1. The van der Waals surface area contributed by atoms with Crippen molar-refractivity contribution in [2.75, 3.05) is 19.8 Å². The molecule has 1 fully saturated rings. The van der Waals surface area contributed by atoms with Crippen LogP contribution < -0.4 is 5.32 Å². The van der Waals surface area contributed by atoms with Crippen molar-refractivity contribution in [3.05, 3.63) is 28.8 Å². The van der Waals surface area contributed by atoms with E-state index in [1.165, 1.54) is 48.3 Å². The summed E-state index contributed by atoms with van der Waals surface area (Å²) in [6.45, 7) is 0. The Hall–Kier alpha value is -0.220. The molecule has 0 saturated heterocycles. The first kappa shape index (κ1) is 15.7. The van der Waals surface area contributed by atoms with Gasteiger partial charge in [-0.15, -0.1) is 11.8 Å². The van der Waals surface area contributed by atoms with Crippen LogP contribution in [0.2, 0.25) is 5.02 Å². The fourth-order valence-electron chi connectivity index (χ4n) is 3.58. The molecule has 1 aliphatic carbocycles. The van der Waals surface area contributed by atoms with Gasteiger partial charge in [0.15, 0.2) is 0 Å². The number of nitrogens with one attached hydrogen (secondary N) is 1. The van der Waals surface area contributed by atoms with Gasteiger partial charge in [-0.3, -0.25) is 0 Å². The third kappa shape index (κ3) is 3.76. The van der Waals surface area contributed by atoms with Gasteiger partial charge >= 0.3 is 0 Å². The van der Waals surface area contributed by atoms with Gasteiger partial charge in [0.05, 0.1) is 0 Å². The van der Waals surface area contributed by atoms with E-state index in [0.717, 1.165) is 11.1 Å². The summed E-state index contributed by atoms with van der Waals surface area (Å²) in [6, 6.07) is 8.28. The second-order valence-electron chi connectivity index (χ2n) is 6.51. The molecular formula is C17H25ClN2S. The maximum Gasteiger partial charge on any atom is 0.0410 e. The highest BCUT2D eigenvalue weighted by Gasteiger charge is 2.27. The van der Waals surface area contributed by atoms with Gasteiger partial charge in [-0.2, -0.15) is 0 Å². The van der Waals surface area contributed by atoms with Gasteiger partial charge in [0.25, 0.3) is 0 Å². The fourth-order valence-corrected chi connectivity index (χ4v) is 4.87. The molecule has 0 bridgehead atoms. The molecule has 1 aromatic rings. The summed E-state index contributed by atoms with van der Waals surface area (Å²) in [5, 5.41) is 4.77. The topological polar surface area (TPSA) is 15.3 Å². The van der Waals surface area contributed by atoms with E-state index in [1.807, 2.05) is 17.8 Å². The van der Waals surface area contributed by atoms with Crippen molar-refractivity contribution in [1.29, 1.82) is 0 Å². The number of benzene rings is 1. The zero-order valence-electron chi connectivity index (χ0n) is 12.9. The minimum Gasteiger partial charge on any atom is -0.307 e. The lowest BCUT2D eigenvalue weighted by atomic mass is 9.89. The van der Waals surface area contributed by atoms with Crippen molar-refractivity contribution in [3.63, 3.8) is 0 Å². The van der Waals surface area contributed by atoms with Gasteiger partial charge in [-0.05, 0) is 75.7 Å². The smallest absolute Gasteiger partial charge is 0.0410 e. The quantitative estimate of drug-likeness (QED) is 0.890. The molecule has 1 atom stereocenters. The highest BCUT2D eigenvalue weighted by Crippen LogP contribution is 2.38. The second kappa shape index (κ2) is 6.91. The van der Waals surface area contributed by atoms with E-state index in [9.17, 15) is 0 Å². The van der Waals surface area contributed by atoms with E-state index >= 15 is 0 Å². The van der Waals surface area contributed by atoms with Crippen molar-refractivity contribution in [2.24, 2.45) is 0 Å². The van der Waals surface area contributed by atoms with Crippen molar-refractivity contribution in [2.45, 2.75) is 55.1 Å². The van der Waals surface area contributed by atoms with Crippen LogP contribution >= 0.6 is 23.4 Å². The van der Waals surface area contributed by atoms with Crippen LogP contribution in [0.15, 0.2) is 23.1 Å². The molecule has 4 heteroatoms. The Morgan fingerprint density at radius 3 is 2.62 bits per heavy atom. The summed E-state index contributed by atoms with van der Waals surface area (Å²) in [7, 11) is 4.41.